The van der Waals surface area contributed by atoms with Crippen molar-refractivity contribution >= 4 is 69.7 Å². The number of benzene rings is 1. The number of nitrogens with zero attached hydrogens (tertiary/aromatic N) is 3. The van der Waals surface area contributed by atoms with Crippen molar-refractivity contribution in [3.63, 3.8) is 0 Å². The molecule has 0 saturated carbocycles. The van der Waals surface area contributed by atoms with Crippen molar-refractivity contribution in [3.05, 3.63) is 28.9 Å². The van der Waals surface area contributed by atoms with Gasteiger partial charge in [-0.2, -0.15) is 0 Å². The fourth-order valence-corrected chi connectivity index (χ4v) is 4.71. The lowest BCUT2D eigenvalue weighted by Gasteiger charge is -2.15. The van der Waals surface area contributed by atoms with Gasteiger partial charge in [-0.05, 0) is 37.3 Å². The number of fused-ring (bicyclic) bond motifs is 3. The molecule has 1 aliphatic rings. The molecule has 3 N–H and O–H groups in total. The molecule has 0 saturated heterocycles. The van der Waals surface area contributed by atoms with E-state index in [2.05, 4.69) is 27.9 Å². The molecule has 0 fully saturated rings. The fourth-order valence-electron chi connectivity index (χ4n) is 3.21. The number of carbonyl (C=O) groups is 1. The van der Waals surface area contributed by atoms with E-state index in [-0.39, 0.29) is 0 Å². The van der Waals surface area contributed by atoms with Gasteiger partial charge in [0.25, 0.3) is 0 Å². The second-order valence-electron chi connectivity index (χ2n) is 6.68. The number of amides is 1. The molecular weight excluding hydrogens is 438 g/mol. The molecule has 0 aliphatic heterocycles. The number of hydrogen-bond donors (Lipinski definition) is 3. The second-order valence-corrected chi connectivity index (χ2v) is 9.19. The summed E-state index contributed by atoms with van der Waals surface area (Å²) in [5.74, 6) is 1.48. The number of thiophene rings is 1. The van der Waals surface area contributed by atoms with Gasteiger partial charge in [-0.3, -0.25) is 9.10 Å². The van der Waals surface area contributed by atoms with Crippen molar-refractivity contribution < 1.29 is 9.53 Å². The number of hydrogen-bond acceptors (Lipinski definition) is 9. The highest BCUT2D eigenvalue weighted by atomic mass is 32.2. The van der Waals surface area contributed by atoms with E-state index in [1.807, 2.05) is 12.3 Å². The highest BCUT2D eigenvalue weighted by molar-refractivity contribution is 7.96. The van der Waals surface area contributed by atoms with Crippen LogP contribution in [0.1, 0.15) is 23.3 Å². The van der Waals surface area contributed by atoms with Crippen LogP contribution in [0.25, 0.3) is 10.2 Å². The second kappa shape index (κ2) is 10.2. The summed E-state index contributed by atoms with van der Waals surface area (Å²) >= 11 is 7.58. The number of carbonyl (C=O) groups excluding carboxylic acids is 1. The van der Waals surface area contributed by atoms with E-state index in [0.717, 1.165) is 41.0 Å². The van der Waals surface area contributed by atoms with E-state index < -0.39 is 0 Å². The van der Waals surface area contributed by atoms with Crippen molar-refractivity contribution in [2.45, 2.75) is 30.6 Å². The van der Waals surface area contributed by atoms with E-state index >= 15 is 0 Å². The molecular formula is C20H25N5O2S3. The molecule has 1 aromatic carbocycles. The van der Waals surface area contributed by atoms with Gasteiger partial charge >= 0.3 is 0 Å². The summed E-state index contributed by atoms with van der Waals surface area (Å²) in [6.45, 7) is 0. The molecule has 0 radical (unpaired) electrons. The van der Waals surface area contributed by atoms with Gasteiger partial charge in [-0.25, -0.2) is 9.97 Å². The summed E-state index contributed by atoms with van der Waals surface area (Å²) in [6, 6.07) is 3.64. The Hall–Kier alpha value is -2.17. The largest absolute Gasteiger partial charge is 0.494 e. The van der Waals surface area contributed by atoms with Crippen LogP contribution in [0, 0.1) is 0 Å². The van der Waals surface area contributed by atoms with Crippen molar-refractivity contribution in [1.82, 2.24) is 14.3 Å². The van der Waals surface area contributed by atoms with E-state index in [1.165, 1.54) is 39.5 Å². The number of nitrogen functional groups attached to an aromatic ring is 1. The molecule has 2 aromatic heterocycles. The van der Waals surface area contributed by atoms with Crippen LogP contribution in [0.2, 0.25) is 0 Å². The number of nitrogens with two attached hydrogens (primary N) is 1. The number of aromatic nitrogens is 2. The maximum atomic E-state index is 9.64. The van der Waals surface area contributed by atoms with Crippen LogP contribution in [0.3, 0.4) is 0 Å². The molecule has 1 amide bonds. The SMILES string of the molecule is COc1cc(N)c(S)cc1Nc1ncnc2sc3c(c12)CCCC3.CSN(C)C=O. The zero-order valence-electron chi connectivity index (χ0n) is 17.1. The summed E-state index contributed by atoms with van der Waals surface area (Å²) in [7, 11) is 3.33. The normalized spacial score (nSPS) is 12.5. The fraction of sp³-hybridized carbons (Fsp3) is 0.350. The Labute approximate surface area is 190 Å². The highest BCUT2D eigenvalue weighted by Gasteiger charge is 2.20. The Morgan fingerprint density at radius 2 is 2.10 bits per heavy atom. The van der Waals surface area contributed by atoms with Crippen LogP contribution in [0.4, 0.5) is 17.2 Å². The monoisotopic (exact) mass is 463 g/mol. The molecule has 1 aliphatic carbocycles. The topological polar surface area (TPSA) is 93.4 Å². The van der Waals surface area contributed by atoms with Crippen molar-refractivity contribution in [2.75, 3.05) is 31.5 Å². The molecule has 30 heavy (non-hydrogen) atoms. The first-order valence-electron chi connectivity index (χ1n) is 9.39. The molecule has 0 atom stereocenters. The van der Waals surface area contributed by atoms with Crippen molar-refractivity contribution in [1.29, 1.82) is 0 Å². The van der Waals surface area contributed by atoms with E-state index in [0.29, 0.717) is 16.3 Å². The zero-order chi connectivity index (χ0) is 21.7. The van der Waals surface area contributed by atoms with E-state index in [1.54, 1.807) is 37.9 Å². The first-order chi connectivity index (χ1) is 14.5. The quantitative estimate of drug-likeness (QED) is 0.221. The third-order valence-corrected chi connectivity index (χ3v) is 7.04. The van der Waals surface area contributed by atoms with Gasteiger partial charge in [0, 0.05) is 34.8 Å². The lowest BCUT2D eigenvalue weighted by Crippen LogP contribution is -2.02. The van der Waals surface area contributed by atoms with Crippen LogP contribution < -0.4 is 15.8 Å². The summed E-state index contributed by atoms with van der Waals surface area (Å²) < 4.78 is 6.93. The number of rotatable bonds is 5. The Morgan fingerprint density at radius 3 is 2.77 bits per heavy atom. The van der Waals surface area contributed by atoms with Gasteiger partial charge in [0.2, 0.25) is 6.41 Å². The van der Waals surface area contributed by atoms with Crippen LogP contribution >= 0.6 is 35.9 Å². The van der Waals surface area contributed by atoms with Crippen molar-refractivity contribution in [2.24, 2.45) is 0 Å². The first-order valence-corrected chi connectivity index (χ1v) is 11.8. The molecule has 10 heteroatoms. The number of aryl methyl sites for hydroxylation is 2. The molecule has 160 valence electrons. The maximum Gasteiger partial charge on any atom is 0.219 e. The predicted octanol–water partition coefficient (Wildman–Crippen LogP) is 4.55. The Bertz CT molecular complexity index is 1040. The smallest absolute Gasteiger partial charge is 0.219 e. The summed E-state index contributed by atoms with van der Waals surface area (Å²) in [6.07, 6.45) is 8.93. The van der Waals surface area contributed by atoms with E-state index in [9.17, 15) is 4.79 Å². The maximum absolute atomic E-state index is 9.64. The van der Waals surface area contributed by atoms with Gasteiger partial charge in [0.15, 0.2) is 0 Å². The van der Waals surface area contributed by atoms with Crippen LogP contribution in [0.15, 0.2) is 23.4 Å². The van der Waals surface area contributed by atoms with Crippen molar-refractivity contribution in [3.8, 4) is 5.75 Å². The molecule has 0 bridgehead atoms. The van der Waals surface area contributed by atoms with Gasteiger partial charge in [-0.1, -0.05) is 11.9 Å². The zero-order valence-corrected chi connectivity index (χ0v) is 19.7. The lowest BCUT2D eigenvalue weighted by molar-refractivity contribution is -0.113. The third-order valence-electron chi connectivity index (χ3n) is 4.79. The third kappa shape index (κ3) is 4.93. The van der Waals surface area contributed by atoms with Crippen LogP contribution in [0.5, 0.6) is 5.75 Å². The molecule has 3 aromatic rings. The summed E-state index contributed by atoms with van der Waals surface area (Å²) in [5, 5.41) is 4.53. The minimum absolute atomic E-state index is 0.585. The average Bonchev–Trinajstić information content (AvgIpc) is 3.15. The van der Waals surface area contributed by atoms with Crippen LogP contribution in [-0.2, 0) is 17.6 Å². The molecule has 2 heterocycles. The molecule has 7 nitrogen and oxygen atoms in total. The number of thiol groups is 1. The van der Waals surface area contributed by atoms with E-state index in [4.69, 9.17) is 10.5 Å². The molecule has 0 unspecified atom stereocenters. The molecule has 4 rings (SSSR count). The summed E-state index contributed by atoms with van der Waals surface area (Å²) in [4.78, 5) is 21.8. The number of ether oxygens (including phenoxy) is 1. The van der Waals surface area contributed by atoms with Crippen LogP contribution in [-0.4, -0.2) is 41.1 Å². The minimum atomic E-state index is 0.585. The average molecular weight is 464 g/mol. The minimum Gasteiger partial charge on any atom is -0.494 e. The number of methoxy groups -OCH3 is 1. The Balaban J connectivity index is 0.000000377. The lowest BCUT2D eigenvalue weighted by atomic mass is 9.97. The number of anilines is 3. The standard InChI is InChI=1S/C17H18N4OS2.C3H7NOS/c1-22-12-6-10(18)13(23)7-11(12)21-16-15-9-4-2-3-5-14(9)24-17(15)20-8-19-16;1-4(3-5)6-2/h6-8,23H,2-5,18H2,1H3,(H,19,20,21);3H,1-2H3. The molecule has 0 spiro atoms. The van der Waals surface area contributed by atoms with Gasteiger partial charge in [-0.15, -0.1) is 24.0 Å². The highest BCUT2D eigenvalue weighted by Crippen LogP contribution is 2.40. The predicted molar refractivity (Wildman–Crippen MR) is 129 cm³/mol. The number of nitrogens with one attached hydrogen (secondary N) is 1. The Morgan fingerprint density at radius 1 is 1.33 bits per heavy atom. The first kappa shape index (κ1) is 22.5. The van der Waals surface area contributed by atoms with Gasteiger partial charge in [0.05, 0.1) is 18.2 Å². The summed E-state index contributed by atoms with van der Waals surface area (Å²) in [5.41, 5.74) is 8.69. The van der Waals surface area contributed by atoms with Gasteiger partial charge < -0.3 is 15.8 Å². The van der Waals surface area contributed by atoms with Gasteiger partial charge in [0.1, 0.15) is 22.7 Å². The Kier molecular flexibility index (Phi) is 7.68.